The summed E-state index contributed by atoms with van der Waals surface area (Å²) in [7, 11) is 0. The van der Waals surface area contributed by atoms with Gasteiger partial charge in [-0.1, -0.05) is 12.8 Å². The summed E-state index contributed by atoms with van der Waals surface area (Å²) in [6.45, 7) is 0.974. The van der Waals surface area contributed by atoms with Crippen molar-refractivity contribution in [1.29, 1.82) is 0 Å². The van der Waals surface area contributed by atoms with E-state index in [2.05, 4.69) is 10.6 Å². The lowest BCUT2D eigenvalue weighted by molar-refractivity contribution is -0.140. The van der Waals surface area contributed by atoms with Crippen molar-refractivity contribution in [2.45, 2.75) is 69.9 Å². The van der Waals surface area contributed by atoms with E-state index in [0.717, 1.165) is 32.2 Å². The summed E-state index contributed by atoms with van der Waals surface area (Å²) < 4.78 is 0. The summed E-state index contributed by atoms with van der Waals surface area (Å²) >= 11 is 0. The van der Waals surface area contributed by atoms with E-state index in [1.54, 1.807) is 0 Å². The number of aliphatic carboxylic acids is 1. The standard InChI is InChI=1S/C19H31N3O4/c23-17(7-13-3-1-2-4-13)20-10-18(24)21-15-8-16(9-15)22(12-19(25)26)11-14-5-6-14/h13-16H,1-12H2,(H,20,23)(H,21,24)(H,25,26). The van der Waals surface area contributed by atoms with Gasteiger partial charge in [0.05, 0.1) is 13.1 Å². The van der Waals surface area contributed by atoms with Gasteiger partial charge in [0, 0.05) is 25.0 Å². The second-order valence-corrected chi connectivity index (χ2v) is 8.29. The van der Waals surface area contributed by atoms with Gasteiger partial charge in [-0.25, -0.2) is 0 Å². The lowest BCUT2D eigenvalue weighted by atomic mass is 9.85. The predicted molar refractivity (Wildman–Crippen MR) is 96.5 cm³/mol. The molecule has 146 valence electrons. The van der Waals surface area contributed by atoms with Gasteiger partial charge in [0.25, 0.3) is 0 Å². The first-order valence-corrected chi connectivity index (χ1v) is 10.0. The highest BCUT2D eigenvalue weighted by atomic mass is 16.4. The third-order valence-electron chi connectivity index (χ3n) is 5.92. The molecule has 0 aromatic rings. The molecule has 0 heterocycles. The maximum Gasteiger partial charge on any atom is 0.317 e. The molecule has 26 heavy (non-hydrogen) atoms. The normalized spacial score (nSPS) is 25.7. The van der Waals surface area contributed by atoms with Gasteiger partial charge >= 0.3 is 5.97 Å². The van der Waals surface area contributed by atoms with Crippen LogP contribution in [0.2, 0.25) is 0 Å². The monoisotopic (exact) mass is 365 g/mol. The van der Waals surface area contributed by atoms with Crippen LogP contribution in [0.15, 0.2) is 0 Å². The lowest BCUT2D eigenvalue weighted by Gasteiger charge is -2.42. The van der Waals surface area contributed by atoms with E-state index >= 15 is 0 Å². The first kappa shape index (κ1) is 19.1. The number of carboxylic acid groups (broad SMARTS) is 1. The molecule has 0 spiro atoms. The van der Waals surface area contributed by atoms with Crippen LogP contribution in [0.3, 0.4) is 0 Å². The molecule has 0 aromatic heterocycles. The molecule has 3 N–H and O–H groups in total. The molecule has 0 radical (unpaired) electrons. The van der Waals surface area contributed by atoms with Gasteiger partial charge in [-0.05, 0) is 50.4 Å². The predicted octanol–water partition coefficient (Wildman–Crippen LogP) is 1.13. The summed E-state index contributed by atoms with van der Waals surface area (Å²) in [5, 5.41) is 14.7. The summed E-state index contributed by atoms with van der Waals surface area (Å²) in [6, 6.07) is 0.337. The van der Waals surface area contributed by atoms with E-state index in [-0.39, 0.29) is 37.0 Å². The minimum atomic E-state index is -0.789. The molecule has 3 saturated carbocycles. The summed E-state index contributed by atoms with van der Waals surface area (Å²) in [5.74, 6) is 0.161. The quantitative estimate of drug-likeness (QED) is 0.539. The van der Waals surface area contributed by atoms with Crippen LogP contribution in [0, 0.1) is 11.8 Å². The second kappa shape index (κ2) is 8.84. The van der Waals surface area contributed by atoms with Crippen LogP contribution in [0.25, 0.3) is 0 Å². The average molecular weight is 365 g/mol. The van der Waals surface area contributed by atoms with Crippen LogP contribution in [-0.2, 0) is 14.4 Å². The molecule has 3 fully saturated rings. The number of hydrogen-bond donors (Lipinski definition) is 3. The second-order valence-electron chi connectivity index (χ2n) is 8.29. The SMILES string of the molecule is O=C(O)CN(CC1CC1)C1CC(NC(=O)CNC(=O)CC2CCCC2)C1. The molecule has 2 amide bonds. The van der Waals surface area contributed by atoms with E-state index < -0.39 is 5.97 Å². The summed E-state index contributed by atoms with van der Waals surface area (Å²) in [6.07, 6.45) is 9.18. The van der Waals surface area contributed by atoms with Gasteiger partial charge in [-0.2, -0.15) is 0 Å². The lowest BCUT2D eigenvalue weighted by Crippen LogP contribution is -2.56. The number of carbonyl (C=O) groups excluding carboxylic acids is 2. The van der Waals surface area contributed by atoms with Gasteiger partial charge in [-0.15, -0.1) is 0 Å². The number of nitrogens with zero attached hydrogens (tertiary/aromatic N) is 1. The highest BCUT2D eigenvalue weighted by molar-refractivity contribution is 5.85. The first-order chi connectivity index (χ1) is 12.5. The number of rotatable bonds is 10. The highest BCUT2D eigenvalue weighted by Crippen LogP contribution is 2.33. The fourth-order valence-corrected chi connectivity index (χ4v) is 4.16. The molecule has 7 heteroatoms. The molecule has 0 bridgehead atoms. The fourth-order valence-electron chi connectivity index (χ4n) is 4.16. The third-order valence-corrected chi connectivity index (χ3v) is 5.92. The van der Waals surface area contributed by atoms with Crippen LogP contribution in [-0.4, -0.2) is 59.5 Å². The Hall–Kier alpha value is -1.63. The van der Waals surface area contributed by atoms with Crippen molar-refractivity contribution in [3.63, 3.8) is 0 Å². The van der Waals surface area contributed by atoms with Crippen molar-refractivity contribution >= 4 is 17.8 Å². The van der Waals surface area contributed by atoms with Crippen molar-refractivity contribution in [1.82, 2.24) is 15.5 Å². The van der Waals surface area contributed by atoms with Crippen LogP contribution >= 0.6 is 0 Å². The molecule has 0 saturated heterocycles. The fraction of sp³-hybridized carbons (Fsp3) is 0.842. The zero-order valence-electron chi connectivity index (χ0n) is 15.4. The number of carboxylic acids is 1. The maximum absolute atomic E-state index is 12.0. The molecule has 0 unspecified atom stereocenters. The summed E-state index contributed by atoms with van der Waals surface area (Å²) in [5.41, 5.74) is 0. The largest absolute Gasteiger partial charge is 0.480 e. The van der Waals surface area contributed by atoms with Crippen molar-refractivity contribution in [2.75, 3.05) is 19.6 Å². The molecule has 0 aliphatic heterocycles. The Labute approximate surface area is 154 Å². The Morgan fingerprint density at radius 1 is 0.962 bits per heavy atom. The van der Waals surface area contributed by atoms with Crippen LogP contribution in [0.1, 0.15) is 57.8 Å². The van der Waals surface area contributed by atoms with E-state index in [0.29, 0.717) is 18.3 Å². The maximum atomic E-state index is 12.0. The topological polar surface area (TPSA) is 98.7 Å². The van der Waals surface area contributed by atoms with E-state index in [9.17, 15) is 14.4 Å². The molecule has 3 rings (SSSR count). The zero-order chi connectivity index (χ0) is 18.5. The van der Waals surface area contributed by atoms with Gasteiger partial charge in [0.2, 0.25) is 11.8 Å². The Morgan fingerprint density at radius 3 is 2.27 bits per heavy atom. The molecular weight excluding hydrogens is 334 g/mol. The Kier molecular flexibility index (Phi) is 6.51. The van der Waals surface area contributed by atoms with Gasteiger partial charge < -0.3 is 15.7 Å². The van der Waals surface area contributed by atoms with Crippen molar-refractivity contribution in [3.8, 4) is 0 Å². The van der Waals surface area contributed by atoms with Gasteiger partial charge in [0.1, 0.15) is 0 Å². The van der Waals surface area contributed by atoms with Crippen LogP contribution in [0.5, 0.6) is 0 Å². The van der Waals surface area contributed by atoms with Crippen LogP contribution < -0.4 is 10.6 Å². The molecule has 3 aliphatic rings. The van der Waals surface area contributed by atoms with Crippen molar-refractivity contribution < 1.29 is 19.5 Å². The Morgan fingerprint density at radius 2 is 1.65 bits per heavy atom. The van der Waals surface area contributed by atoms with Gasteiger partial charge in [0.15, 0.2) is 0 Å². The number of amides is 2. The van der Waals surface area contributed by atoms with E-state index in [1.807, 2.05) is 4.90 Å². The number of hydrogen-bond acceptors (Lipinski definition) is 4. The molecule has 0 aromatic carbocycles. The first-order valence-electron chi connectivity index (χ1n) is 10.0. The zero-order valence-corrected chi connectivity index (χ0v) is 15.4. The molecule has 3 aliphatic carbocycles. The van der Waals surface area contributed by atoms with Crippen LogP contribution in [0.4, 0.5) is 0 Å². The van der Waals surface area contributed by atoms with Gasteiger partial charge in [-0.3, -0.25) is 19.3 Å². The number of carbonyl (C=O) groups is 3. The third kappa shape index (κ3) is 5.97. The number of nitrogens with one attached hydrogen (secondary N) is 2. The smallest absolute Gasteiger partial charge is 0.317 e. The minimum Gasteiger partial charge on any atom is -0.480 e. The summed E-state index contributed by atoms with van der Waals surface area (Å²) in [4.78, 5) is 37.0. The van der Waals surface area contributed by atoms with Crippen molar-refractivity contribution in [2.24, 2.45) is 11.8 Å². The Balaban J connectivity index is 1.30. The average Bonchev–Trinajstić information content (AvgIpc) is 3.21. The molecule has 7 nitrogen and oxygen atoms in total. The minimum absolute atomic E-state index is 0.0318. The highest BCUT2D eigenvalue weighted by Gasteiger charge is 2.37. The van der Waals surface area contributed by atoms with E-state index in [1.165, 1.54) is 25.7 Å². The van der Waals surface area contributed by atoms with E-state index in [4.69, 9.17) is 5.11 Å². The van der Waals surface area contributed by atoms with Crippen molar-refractivity contribution in [3.05, 3.63) is 0 Å². The molecular formula is C19H31N3O4. The Bertz CT molecular complexity index is 523. The molecule has 0 atom stereocenters.